The van der Waals surface area contributed by atoms with Gasteiger partial charge in [-0.15, -0.1) is 0 Å². The second-order valence-electron chi connectivity index (χ2n) is 5.10. The van der Waals surface area contributed by atoms with Gasteiger partial charge in [-0.25, -0.2) is 15.0 Å². The van der Waals surface area contributed by atoms with Crippen molar-refractivity contribution in [3.05, 3.63) is 59.5 Å². The number of hydrogen-bond donors (Lipinski definition) is 1. The van der Waals surface area contributed by atoms with Gasteiger partial charge in [0.1, 0.15) is 24.0 Å². The fourth-order valence-corrected chi connectivity index (χ4v) is 2.35. The molecule has 0 aliphatic carbocycles. The van der Waals surface area contributed by atoms with Gasteiger partial charge in [-0.05, 0) is 24.3 Å². The molecule has 2 aromatic heterocycles. The Morgan fingerprint density at radius 3 is 2.84 bits per heavy atom. The molecule has 3 aromatic rings. The van der Waals surface area contributed by atoms with E-state index in [1.54, 1.807) is 13.4 Å². The number of halogens is 1. The number of rotatable bonds is 6. The Labute approximate surface area is 149 Å². The predicted octanol–water partition coefficient (Wildman–Crippen LogP) is 2.77. The molecule has 128 valence electrons. The van der Waals surface area contributed by atoms with E-state index in [4.69, 9.17) is 20.8 Å². The summed E-state index contributed by atoms with van der Waals surface area (Å²) in [5, 5.41) is 2.95. The van der Waals surface area contributed by atoms with E-state index in [-0.39, 0.29) is 16.6 Å². The molecule has 0 aliphatic rings. The Bertz CT molecular complexity index is 864. The number of carbonyl (C=O) groups excluding carboxylic acids is 1. The second-order valence-corrected chi connectivity index (χ2v) is 5.50. The van der Waals surface area contributed by atoms with Crippen LogP contribution in [0.3, 0.4) is 0 Å². The highest BCUT2D eigenvalue weighted by molar-refractivity contribution is 6.33. The molecule has 0 saturated heterocycles. The molecule has 8 heteroatoms. The van der Waals surface area contributed by atoms with Gasteiger partial charge in [0.25, 0.3) is 5.91 Å². The lowest BCUT2D eigenvalue weighted by molar-refractivity contribution is 0.0949. The predicted molar refractivity (Wildman–Crippen MR) is 91.6 cm³/mol. The zero-order valence-electron chi connectivity index (χ0n) is 13.4. The molecule has 0 spiro atoms. The van der Waals surface area contributed by atoms with Crippen molar-refractivity contribution in [3.8, 4) is 17.2 Å². The summed E-state index contributed by atoms with van der Waals surface area (Å²) >= 11 is 5.89. The lowest BCUT2D eigenvalue weighted by Gasteiger charge is -2.04. The number of amides is 1. The van der Waals surface area contributed by atoms with Crippen molar-refractivity contribution in [3.63, 3.8) is 0 Å². The number of benzene rings is 1. The van der Waals surface area contributed by atoms with Crippen LogP contribution < -0.4 is 10.1 Å². The van der Waals surface area contributed by atoms with Crippen LogP contribution in [0.25, 0.3) is 11.5 Å². The van der Waals surface area contributed by atoms with Crippen LogP contribution in [0.2, 0.25) is 5.02 Å². The van der Waals surface area contributed by atoms with Crippen molar-refractivity contribution in [2.45, 2.75) is 6.42 Å². The quantitative estimate of drug-likeness (QED) is 0.728. The van der Waals surface area contributed by atoms with E-state index < -0.39 is 0 Å². The molecular weight excluding hydrogens is 344 g/mol. The number of nitrogens with zero attached hydrogens (tertiary/aromatic N) is 3. The molecule has 0 bridgehead atoms. The molecule has 1 N–H and O–H groups in total. The normalized spacial score (nSPS) is 10.5. The minimum Gasteiger partial charge on any atom is -0.497 e. The largest absolute Gasteiger partial charge is 0.497 e. The summed E-state index contributed by atoms with van der Waals surface area (Å²) in [6, 6.07) is 7.41. The van der Waals surface area contributed by atoms with Crippen LogP contribution in [0.15, 0.2) is 47.5 Å². The molecule has 2 heterocycles. The molecule has 7 nitrogen and oxygen atoms in total. The van der Waals surface area contributed by atoms with Gasteiger partial charge in [-0.2, -0.15) is 0 Å². The first kappa shape index (κ1) is 16.9. The zero-order valence-corrected chi connectivity index (χ0v) is 14.2. The minimum atomic E-state index is -0.355. The maximum atomic E-state index is 12.0. The van der Waals surface area contributed by atoms with Crippen molar-refractivity contribution < 1.29 is 13.9 Å². The van der Waals surface area contributed by atoms with Crippen LogP contribution in [0, 0.1) is 0 Å². The van der Waals surface area contributed by atoms with Crippen molar-refractivity contribution in [1.29, 1.82) is 0 Å². The smallest absolute Gasteiger partial charge is 0.271 e. The first-order valence-electron chi connectivity index (χ1n) is 7.50. The second kappa shape index (κ2) is 7.76. The van der Waals surface area contributed by atoms with Gasteiger partial charge in [0.05, 0.1) is 17.8 Å². The SMILES string of the molecule is COc1ccc(-c2nc(CCNC(=O)c3ncncc3Cl)co2)cc1. The maximum Gasteiger partial charge on any atom is 0.271 e. The summed E-state index contributed by atoms with van der Waals surface area (Å²) in [4.78, 5) is 24.0. The highest BCUT2D eigenvalue weighted by atomic mass is 35.5. The molecule has 0 aliphatic heterocycles. The van der Waals surface area contributed by atoms with Crippen molar-refractivity contribution in [2.75, 3.05) is 13.7 Å². The van der Waals surface area contributed by atoms with Crippen LogP contribution in [0.1, 0.15) is 16.2 Å². The Hall–Kier alpha value is -2.93. The Morgan fingerprint density at radius 2 is 2.12 bits per heavy atom. The summed E-state index contributed by atoms with van der Waals surface area (Å²) in [6.07, 6.45) is 4.75. The molecule has 0 radical (unpaired) electrons. The molecule has 1 amide bonds. The summed E-state index contributed by atoms with van der Waals surface area (Å²) in [6.45, 7) is 0.383. The third-order valence-corrected chi connectivity index (χ3v) is 3.71. The standard InChI is InChI=1S/C17H15ClN4O3/c1-24-13-4-2-11(3-5-13)17-22-12(9-25-17)6-7-20-16(23)15-14(18)8-19-10-21-15/h2-5,8-10H,6-7H2,1H3,(H,20,23). The number of oxazole rings is 1. The van der Waals surface area contributed by atoms with Crippen LogP contribution >= 0.6 is 11.6 Å². The van der Waals surface area contributed by atoms with Crippen LogP contribution in [-0.4, -0.2) is 34.5 Å². The number of methoxy groups -OCH3 is 1. The van der Waals surface area contributed by atoms with E-state index in [2.05, 4.69) is 20.3 Å². The number of carbonyl (C=O) groups is 1. The van der Waals surface area contributed by atoms with Crippen molar-refractivity contribution in [1.82, 2.24) is 20.3 Å². The summed E-state index contributed by atoms with van der Waals surface area (Å²) in [5.41, 5.74) is 1.74. The summed E-state index contributed by atoms with van der Waals surface area (Å²) < 4.78 is 10.6. The first-order valence-corrected chi connectivity index (χ1v) is 7.87. The molecule has 1 aromatic carbocycles. The maximum absolute atomic E-state index is 12.0. The molecule has 3 rings (SSSR count). The van der Waals surface area contributed by atoms with E-state index in [0.29, 0.717) is 18.9 Å². The monoisotopic (exact) mass is 358 g/mol. The zero-order chi connectivity index (χ0) is 17.6. The Morgan fingerprint density at radius 1 is 1.32 bits per heavy atom. The third kappa shape index (κ3) is 4.13. The van der Waals surface area contributed by atoms with Gasteiger partial charge in [0, 0.05) is 24.7 Å². The third-order valence-electron chi connectivity index (χ3n) is 3.44. The number of aromatic nitrogens is 3. The number of nitrogens with one attached hydrogen (secondary N) is 1. The lowest BCUT2D eigenvalue weighted by atomic mass is 10.2. The number of hydrogen-bond acceptors (Lipinski definition) is 6. The molecule has 0 saturated carbocycles. The highest BCUT2D eigenvalue weighted by Gasteiger charge is 2.12. The fourth-order valence-electron chi connectivity index (χ4n) is 2.16. The molecule has 25 heavy (non-hydrogen) atoms. The average molecular weight is 359 g/mol. The van der Waals surface area contributed by atoms with E-state index in [1.807, 2.05) is 24.3 Å². The minimum absolute atomic E-state index is 0.149. The summed E-state index contributed by atoms with van der Waals surface area (Å²) in [7, 11) is 1.61. The molecule has 0 atom stereocenters. The van der Waals surface area contributed by atoms with E-state index >= 15 is 0 Å². The lowest BCUT2D eigenvalue weighted by Crippen LogP contribution is -2.27. The van der Waals surface area contributed by atoms with Crippen LogP contribution in [0.4, 0.5) is 0 Å². The summed E-state index contributed by atoms with van der Waals surface area (Å²) in [5.74, 6) is 0.927. The highest BCUT2D eigenvalue weighted by Crippen LogP contribution is 2.21. The van der Waals surface area contributed by atoms with E-state index in [9.17, 15) is 4.79 Å². The fraction of sp³-hybridized carbons (Fsp3) is 0.176. The van der Waals surface area contributed by atoms with Gasteiger partial charge in [-0.1, -0.05) is 11.6 Å². The Kier molecular flexibility index (Phi) is 5.25. The van der Waals surface area contributed by atoms with Gasteiger partial charge in [0.2, 0.25) is 5.89 Å². The molecule has 0 unspecified atom stereocenters. The van der Waals surface area contributed by atoms with Gasteiger partial charge in [0.15, 0.2) is 0 Å². The first-order chi connectivity index (χ1) is 12.2. The number of ether oxygens (including phenoxy) is 1. The molecule has 0 fully saturated rings. The van der Waals surface area contributed by atoms with Gasteiger partial charge < -0.3 is 14.5 Å². The van der Waals surface area contributed by atoms with E-state index in [0.717, 1.165) is 17.0 Å². The van der Waals surface area contributed by atoms with Crippen molar-refractivity contribution in [2.24, 2.45) is 0 Å². The van der Waals surface area contributed by atoms with Crippen LogP contribution in [0.5, 0.6) is 5.75 Å². The van der Waals surface area contributed by atoms with E-state index in [1.165, 1.54) is 12.5 Å². The van der Waals surface area contributed by atoms with Crippen molar-refractivity contribution >= 4 is 17.5 Å². The van der Waals surface area contributed by atoms with Gasteiger partial charge >= 0.3 is 0 Å². The average Bonchev–Trinajstić information content (AvgIpc) is 3.11. The van der Waals surface area contributed by atoms with Gasteiger partial charge in [-0.3, -0.25) is 4.79 Å². The van der Waals surface area contributed by atoms with Crippen LogP contribution in [-0.2, 0) is 6.42 Å². The molecular formula is C17H15ClN4O3. The Balaban J connectivity index is 1.56. The topological polar surface area (TPSA) is 90.1 Å².